The zero-order valence-electron chi connectivity index (χ0n) is 11.8. The first-order valence-corrected chi connectivity index (χ1v) is 6.75. The normalized spacial score (nSPS) is 10.4. The van der Waals surface area contributed by atoms with Crippen molar-refractivity contribution in [1.82, 2.24) is 15.1 Å². The fourth-order valence-corrected chi connectivity index (χ4v) is 2.08. The predicted octanol–water partition coefficient (Wildman–Crippen LogP) is 0.995. The molecular formula is C14H16N4O4. The number of rotatable bonds is 7. The summed E-state index contributed by atoms with van der Waals surface area (Å²) < 4.78 is 0. The highest BCUT2D eigenvalue weighted by Gasteiger charge is 2.26. The smallest absolute Gasteiger partial charge is 0.319 e. The van der Waals surface area contributed by atoms with Crippen molar-refractivity contribution >= 4 is 11.6 Å². The van der Waals surface area contributed by atoms with Gasteiger partial charge in [0.15, 0.2) is 0 Å². The predicted molar refractivity (Wildman–Crippen MR) is 78.4 cm³/mol. The first-order valence-electron chi connectivity index (χ1n) is 6.75. The van der Waals surface area contributed by atoms with Crippen LogP contribution in [0.2, 0.25) is 0 Å². The van der Waals surface area contributed by atoms with Crippen molar-refractivity contribution < 1.29 is 14.8 Å². The van der Waals surface area contributed by atoms with Gasteiger partial charge in [0.25, 0.3) is 5.91 Å². The van der Waals surface area contributed by atoms with Gasteiger partial charge < -0.3 is 10.0 Å². The maximum atomic E-state index is 12.4. The molecule has 0 atom stereocenters. The second-order valence-electron chi connectivity index (χ2n) is 4.64. The average Bonchev–Trinajstić information content (AvgIpc) is 3.01. The molecule has 0 radical (unpaired) electrons. The van der Waals surface area contributed by atoms with E-state index in [1.165, 1.54) is 4.90 Å². The molecule has 0 saturated heterocycles. The Morgan fingerprint density at radius 1 is 1.32 bits per heavy atom. The number of amides is 1. The number of benzene rings is 1. The van der Waals surface area contributed by atoms with Crippen molar-refractivity contribution in [3.05, 3.63) is 57.9 Å². The quantitative estimate of drug-likeness (QED) is 0.585. The first-order chi connectivity index (χ1) is 10.6. The molecular weight excluding hydrogens is 288 g/mol. The number of aromatic nitrogens is 2. The molecule has 8 nitrogen and oxygen atoms in total. The van der Waals surface area contributed by atoms with Crippen LogP contribution in [0.15, 0.2) is 36.5 Å². The number of H-pyrrole nitrogens is 1. The van der Waals surface area contributed by atoms with Crippen LogP contribution in [0.3, 0.4) is 0 Å². The van der Waals surface area contributed by atoms with Crippen LogP contribution in [0.5, 0.6) is 0 Å². The first kappa shape index (κ1) is 15.6. The summed E-state index contributed by atoms with van der Waals surface area (Å²) in [5.41, 5.74) is 0.497. The van der Waals surface area contributed by atoms with E-state index in [9.17, 15) is 14.9 Å². The van der Waals surface area contributed by atoms with Gasteiger partial charge in [0, 0.05) is 13.1 Å². The highest BCUT2D eigenvalue weighted by molar-refractivity contribution is 5.96. The Morgan fingerprint density at radius 3 is 2.68 bits per heavy atom. The van der Waals surface area contributed by atoms with E-state index in [2.05, 4.69) is 10.2 Å². The van der Waals surface area contributed by atoms with Crippen molar-refractivity contribution in [1.29, 1.82) is 0 Å². The van der Waals surface area contributed by atoms with Gasteiger partial charge in [0.1, 0.15) is 6.20 Å². The molecule has 2 rings (SSSR count). The summed E-state index contributed by atoms with van der Waals surface area (Å²) in [5.74, 6) is -0.547. The molecule has 22 heavy (non-hydrogen) atoms. The molecule has 0 aliphatic carbocycles. The number of aliphatic hydroxyl groups is 1. The Hall–Kier alpha value is -2.74. The lowest BCUT2D eigenvalue weighted by atomic mass is 10.1. The van der Waals surface area contributed by atoms with Gasteiger partial charge in [-0.15, -0.1) is 0 Å². The summed E-state index contributed by atoms with van der Waals surface area (Å²) in [7, 11) is 0. The number of aliphatic hydroxyl groups excluding tert-OH is 1. The van der Waals surface area contributed by atoms with Gasteiger partial charge in [-0.25, -0.2) is 0 Å². The second-order valence-corrected chi connectivity index (χ2v) is 4.64. The standard InChI is InChI=1S/C14H16N4O4/c19-9-8-17(7-6-11-4-2-1-3-5-11)14(20)13-12(18(21)22)10-15-16-13/h1-5,10,19H,6-9H2,(H,15,16). The summed E-state index contributed by atoms with van der Waals surface area (Å²) in [6, 6.07) is 9.55. The summed E-state index contributed by atoms with van der Waals surface area (Å²) in [6.07, 6.45) is 1.59. The van der Waals surface area contributed by atoms with Crippen molar-refractivity contribution in [3.63, 3.8) is 0 Å². The van der Waals surface area contributed by atoms with E-state index >= 15 is 0 Å². The largest absolute Gasteiger partial charge is 0.395 e. The molecule has 0 saturated carbocycles. The van der Waals surface area contributed by atoms with Gasteiger partial charge in [-0.3, -0.25) is 20.0 Å². The lowest BCUT2D eigenvalue weighted by Gasteiger charge is -2.20. The molecule has 1 aromatic carbocycles. The molecule has 0 aliphatic heterocycles. The number of hydrogen-bond acceptors (Lipinski definition) is 5. The van der Waals surface area contributed by atoms with E-state index in [0.717, 1.165) is 11.8 Å². The van der Waals surface area contributed by atoms with E-state index in [0.29, 0.717) is 13.0 Å². The number of nitro groups is 1. The van der Waals surface area contributed by atoms with Crippen LogP contribution in [-0.2, 0) is 6.42 Å². The minimum absolute atomic E-state index is 0.0990. The van der Waals surface area contributed by atoms with Crippen molar-refractivity contribution in [2.45, 2.75) is 6.42 Å². The summed E-state index contributed by atoms with van der Waals surface area (Å²) >= 11 is 0. The molecule has 116 valence electrons. The number of nitrogens with one attached hydrogen (secondary N) is 1. The minimum atomic E-state index is -0.662. The van der Waals surface area contributed by atoms with Crippen molar-refractivity contribution in [2.24, 2.45) is 0 Å². The summed E-state index contributed by atoms with van der Waals surface area (Å²) in [4.78, 5) is 24.0. The number of nitrogens with zero attached hydrogens (tertiary/aromatic N) is 3. The number of carbonyl (C=O) groups is 1. The van der Waals surface area contributed by atoms with Gasteiger partial charge in [-0.05, 0) is 12.0 Å². The Bertz CT molecular complexity index is 641. The molecule has 0 aliphatic rings. The maximum absolute atomic E-state index is 12.4. The van der Waals surface area contributed by atoms with Crippen LogP contribution in [0.1, 0.15) is 16.1 Å². The van der Waals surface area contributed by atoms with Crippen LogP contribution in [-0.4, -0.2) is 50.7 Å². The molecule has 1 heterocycles. The summed E-state index contributed by atoms with van der Waals surface area (Å²) in [5, 5.41) is 25.9. The van der Waals surface area contributed by atoms with E-state index in [4.69, 9.17) is 5.11 Å². The zero-order chi connectivity index (χ0) is 15.9. The zero-order valence-corrected chi connectivity index (χ0v) is 11.8. The highest BCUT2D eigenvalue weighted by Crippen LogP contribution is 2.17. The Labute approximate surface area is 126 Å². The third-order valence-electron chi connectivity index (χ3n) is 3.20. The number of hydrogen-bond donors (Lipinski definition) is 2. The van der Waals surface area contributed by atoms with Crippen LogP contribution in [0, 0.1) is 10.1 Å². The SMILES string of the molecule is O=C(c1[nH]ncc1[N+](=O)[O-])N(CCO)CCc1ccccc1. The van der Waals surface area contributed by atoms with Gasteiger partial charge in [0.05, 0.1) is 11.5 Å². The van der Waals surface area contributed by atoms with E-state index in [1.807, 2.05) is 30.3 Å². The van der Waals surface area contributed by atoms with E-state index < -0.39 is 10.8 Å². The van der Waals surface area contributed by atoms with Crippen molar-refractivity contribution in [2.75, 3.05) is 19.7 Å². The van der Waals surface area contributed by atoms with Gasteiger partial charge in [0.2, 0.25) is 5.69 Å². The minimum Gasteiger partial charge on any atom is -0.395 e. The molecule has 1 aromatic heterocycles. The van der Waals surface area contributed by atoms with Gasteiger partial charge in [-0.1, -0.05) is 30.3 Å². The van der Waals surface area contributed by atoms with Crippen LogP contribution < -0.4 is 0 Å². The van der Waals surface area contributed by atoms with Crippen LogP contribution in [0.25, 0.3) is 0 Å². The molecule has 2 N–H and O–H groups in total. The molecule has 2 aromatic rings. The highest BCUT2D eigenvalue weighted by atomic mass is 16.6. The summed E-state index contributed by atoms with van der Waals surface area (Å²) in [6.45, 7) is 0.226. The van der Waals surface area contributed by atoms with Gasteiger partial charge in [-0.2, -0.15) is 5.10 Å². The fraction of sp³-hybridized carbons (Fsp3) is 0.286. The van der Waals surface area contributed by atoms with E-state index in [-0.39, 0.29) is 24.5 Å². The molecule has 0 fully saturated rings. The molecule has 0 unspecified atom stereocenters. The Balaban J connectivity index is 2.11. The lowest BCUT2D eigenvalue weighted by Crippen LogP contribution is -2.35. The Kier molecular flexibility index (Phi) is 5.21. The van der Waals surface area contributed by atoms with Gasteiger partial charge >= 0.3 is 5.69 Å². The molecule has 0 bridgehead atoms. The second kappa shape index (κ2) is 7.32. The van der Waals surface area contributed by atoms with E-state index in [1.54, 1.807) is 0 Å². The Morgan fingerprint density at radius 2 is 2.05 bits per heavy atom. The third-order valence-corrected chi connectivity index (χ3v) is 3.20. The topological polar surface area (TPSA) is 112 Å². The maximum Gasteiger partial charge on any atom is 0.319 e. The van der Waals surface area contributed by atoms with Crippen LogP contribution >= 0.6 is 0 Å². The van der Waals surface area contributed by atoms with Crippen LogP contribution in [0.4, 0.5) is 5.69 Å². The molecule has 8 heteroatoms. The molecule has 1 amide bonds. The van der Waals surface area contributed by atoms with Crippen molar-refractivity contribution in [3.8, 4) is 0 Å². The number of aromatic amines is 1. The molecule has 0 spiro atoms. The fourth-order valence-electron chi connectivity index (χ4n) is 2.08. The number of carbonyl (C=O) groups excluding carboxylic acids is 1. The average molecular weight is 304 g/mol. The third kappa shape index (κ3) is 3.67. The monoisotopic (exact) mass is 304 g/mol. The lowest BCUT2D eigenvalue weighted by molar-refractivity contribution is -0.385.